The van der Waals surface area contributed by atoms with E-state index in [0.717, 1.165) is 27.1 Å². The van der Waals surface area contributed by atoms with Gasteiger partial charge in [-0.1, -0.05) is 92.2 Å². The van der Waals surface area contributed by atoms with E-state index >= 15 is 0 Å². The first-order valence-electron chi connectivity index (χ1n) is 15.3. The summed E-state index contributed by atoms with van der Waals surface area (Å²) in [5.41, 5.74) is 6.23. The molecule has 3 N–H and O–H groups in total. The minimum atomic E-state index is -0.488. The fourth-order valence-corrected chi connectivity index (χ4v) is 6.46. The molecule has 5 rings (SSSR count). The maximum Gasteiger partial charge on any atom is 0.272 e. The molecule has 0 aliphatic heterocycles. The summed E-state index contributed by atoms with van der Waals surface area (Å²) < 4.78 is 0. The maximum absolute atomic E-state index is 13.5. The van der Waals surface area contributed by atoms with E-state index in [2.05, 4.69) is 35.9 Å². The Morgan fingerprint density at radius 3 is 2.31 bits per heavy atom. The zero-order valence-corrected chi connectivity index (χ0v) is 28.4. The van der Waals surface area contributed by atoms with E-state index in [0.29, 0.717) is 27.7 Å². The summed E-state index contributed by atoms with van der Waals surface area (Å²) in [5, 5.41) is 20.7. The lowest BCUT2D eigenvalue weighted by molar-refractivity contribution is -0.114. The van der Waals surface area contributed by atoms with E-state index in [1.807, 2.05) is 73.0 Å². The SMILES string of the molecule is Cc1ccc(-c2csc(NC(=O)CSc3cccc(NC(=O)/C(=C\c4ccc(C(C)C)cc4)NC(=O)c4ccccc4)c3)c2C#N)cc1. The molecule has 0 saturated heterocycles. The third kappa shape index (κ3) is 8.88. The maximum atomic E-state index is 13.5. The van der Waals surface area contributed by atoms with Crippen LogP contribution in [0.5, 0.6) is 0 Å². The summed E-state index contributed by atoms with van der Waals surface area (Å²) in [5.74, 6) is -0.673. The van der Waals surface area contributed by atoms with E-state index < -0.39 is 11.8 Å². The lowest BCUT2D eigenvalue weighted by Gasteiger charge is -2.13. The molecule has 1 aromatic heterocycles. The molecule has 0 radical (unpaired) electrons. The average molecular weight is 671 g/mol. The highest BCUT2D eigenvalue weighted by molar-refractivity contribution is 8.00. The molecule has 240 valence electrons. The highest BCUT2D eigenvalue weighted by Crippen LogP contribution is 2.35. The zero-order valence-electron chi connectivity index (χ0n) is 26.7. The molecule has 0 aliphatic rings. The molecule has 7 nitrogen and oxygen atoms in total. The molecule has 4 aromatic carbocycles. The van der Waals surface area contributed by atoms with Crippen molar-refractivity contribution in [3.63, 3.8) is 0 Å². The van der Waals surface area contributed by atoms with Crippen LogP contribution in [-0.4, -0.2) is 23.5 Å². The van der Waals surface area contributed by atoms with Gasteiger partial charge in [-0.2, -0.15) is 5.26 Å². The van der Waals surface area contributed by atoms with Crippen molar-refractivity contribution in [3.8, 4) is 17.2 Å². The minimum absolute atomic E-state index is 0.0906. The molecule has 0 saturated carbocycles. The van der Waals surface area contributed by atoms with Gasteiger partial charge in [-0.05, 0) is 65.9 Å². The molecule has 0 atom stereocenters. The summed E-state index contributed by atoms with van der Waals surface area (Å²) in [4.78, 5) is 40.2. The predicted octanol–water partition coefficient (Wildman–Crippen LogP) is 8.86. The molecule has 0 fully saturated rings. The molecule has 0 bridgehead atoms. The monoisotopic (exact) mass is 670 g/mol. The molecule has 0 aliphatic carbocycles. The van der Waals surface area contributed by atoms with Gasteiger partial charge in [0.15, 0.2) is 0 Å². The fraction of sp³-hybridized carbons (Fsp3) is 0.128. The number of nitrogens with one attached hydrogen (secondary N) is 3. The Kier molecular flexibility index (Phi) is 11.2. The lowest BCUT2D eigenvalue weighted by atomic mass is 10.0. The van der Waals surface area contributed by atoms with Crippen LogP contribution in [0, 0.1) is 18.3 Å². The van der Waals surface area contributed by atoms with E-state index in [-0.39, 0.29) is 17.4 Å². The van der Waals surface area contributed by atoms with Gasteiger partial charge in [0.05, 0.1) is 11.3 Å². The van der Waals surface area contributed by atoms with Gasteiger partial charge in [0.2, 0.25) is 5.91 Å². The lowest BCUT2D eigenvalue weighted by Crippen LogP contribution is -2.30. The van der Waals surface area contributed by atoms with Gasteiger partial charge < -0.3 is 16.0 Å². The van der Waals surface area contributed by atoms with Crippen molar-refractivity contribution in [2.75, 3.05) is 16.4 Å². The molecule has 5 aromatic rings. The van der Waals surface area contributed by atoms with Crippen molar-refractivity contribution >= 4 is 57.6 Å². The fourth-order valence-electron chi connectivity index (χ4n) is 4.77. The first-order chi connectivity index (χ1) is 23.2. The number of anilines is 2. The van der Waals surface area contributed by atoms with Crippen molar-refractivity contribution in [2.24, 2.45) is 0 Å². The third-order valence-electron chi connectivity index (χ3n) is 7.42. The van der Waals surface area contributed by atoms with Gasteiger partial charge in [-0.25, -0.2) is 0 Å². The number of hydrogen-bond acceptors (Lipinski definition) is 6. The van der Waals surface area contributed by atoms with Crippen molar-refractivity contribution in [1.82, 2.24) is 5.32 Å². The quantitative estimate of drug-likeness (QED) is 0.0961. The number of thiophene rings is 1. The first-order valence-corrected chi connectivity index (χ1v) is 17.2. The normalized spacial score (nSPS) is 11.1. The summed E-state index contributed by atoms with van der Waals surface area (Å²) in [7, 11) is 0. The Bertz CT molecular complexity index is 1990. The van der Waals surface area contributed by atoms with Crippen LogP contribution in [-0.2, 0) is 9.59 Å². The Balaban J connectivity index is 1.26. The summed E-state index contributed by atoms with van der Waals surface area (Å²) in [6.07, 6.45) is 1.65. The Morgan fingerprint density at radius 2 is 1.62 bits per heavy atom. The summed E-state index contributed by atoms with van der Waals surface area (Å²) in [6.45, 7) is 6.22. The van der Waals surface area contributed by atoms with Gasteiger partial charge in [0.25, 0.3) is 11.8 Å². The van der Waals surface area contributed by atoms with Crippen LogP contribution in [0.15, 0.2) is 119 Å². The number of aryl methyl sites for hydroxylation is 1. The number of amides is 3. The van der Waals surface area contributed by atoms with Crippen LogP contribution in [0.3, 0.4) is 0 Å². The van der Waals surface area contributed by atoms with Crippen molar-refractivity contribution < 1.29 is 14.4 Å². The molecule has 0 spiro atoms. The molecule has 9 heteroatoms. The molecule has 0 unspecified atom stereocenters. The van der Waals surface area contributed by atoms with Crippen LogP contribution < -0.4 is 16.0 Å². The molecular weight excluding hydrogens is 637 g/mol. The Hall–Kier alpha value is -5.43. The number of carbonyl (C=O) groups is 3. The number of thioether (sulfide) groups is 1. The standard InChI is InChI=1S/C39H34N4O3S2/c1-25(2)28-18-14-27(15-19-28)20-35(42-37(45)30-8-5-4-6-9-30)38(46)41-31-10-7-11-32(21-31)47-24-36(44)43-39-33(22-40)34(23-48-39)29-16-12-26(3)13-17-29/h4-21,23,25H,24H2,1-3H3,(H,41,46)(H,42,45)(H,43,44)/b35-20+. The number of rotatable bonds is 11. The van der Waals surface area contributed by atoms with Gasteiger partial charge in [0.1, 0.15) is 16.8 Å². The van der Waals surface area contributed by atoms with E-state index in [9.17, 15) is 19.6 Å². The van der Waals surface area contributed by atoms with Gasteiger partial charge >= 0.3 is 0 Å². The number of nitriles is 1. The van der Waals surface area contributed by atoms with Crippen LogP contribution in [0.25, 0.3) is 17.2 Å². The molecule has 1 heterocycles. The Morgan fingerprint density at radius 1 is 0.896 bits per heavy atom. The van der Waals surface area contributed by atoms with Crippen LogP contribution in [0.1, 0.15) is 52.4 Å². The van der Waals surface area contributed by atoms with E-state index in [4.69, 9.17) is 0 Å². The number of carbonyl (C=O) groups excluding carboxylic acids is 3. The van der Waals surface area contributed by atoms with Crippen LogP contribution in [0.2, 0.25) is 0 Å². The van der Waals surface area contributed by atoms with Gasteiger partial charge in [-0.3, -0.25) is 14.4 Å². The van der Waals surface area contributed by atoms with Crippen LogP contribution >= 0.6 is 23.1 Å². The highest BCUT2D eigenvalue weighted by atomic mass is 32.2. The van der Waals surface area contributed by atoms with E-state index in [1.54, 1.807) is 48.5 Å². The van der Waals surface area contributed by atoms with E-state index in [1.165, 1.54) is 28.7 Å². The largest absolute Gasteiger partial charge is 0.321 e. The first kappa shape index (κ1) is 33.9. The van der Waals surface area contributed by atoms with Crippen molar-refractivity contribution in [1.29, 1.82) is 5.26 Å². The van der Waals surface area contributed by atoms with Crippen LogP contribution in [0.4, 0.5) is 10.7 Å². The zero-order chi connectivity index (χ0) is 34.0. The molecular formula is C39H34N4O3S2. The second-order valence-electron chi connectivity index (χ2n) is 11.3. The summed E-state index contributed by atoms with van der Waals surface area (Å²) >= 11 is 2.62. The third-order valence-corrected chi connectivity index (χ3v) is 9.31. The molecule has 48 heavy (non-hydrogen) atoms. The summed E-state index contributed by atoms with van der Waals surface area (Å²) in [6, 6.07) is 33.8. The number of nitrogens with zero attached hydrogens (tertiary/aromatic N) is 1. The van der Waals surface area contributed by atoms with Crippen molar-refractivity contribution in [2.45, 2.75) is 31.6 Å². The molecule has 3 amide bonds. The number of hydrogen-bond donors (Lipinski definition) is 3. The predicted molar refractivity (Wildman–Crippen MR) is 196 cm³/mol. The number of benzene rings is 4. The highest BCUT2D eigenvalue weighted by Gasteiger charge is 2.17. The van der Waals surface area contributed by atoms with Gasteiger partial charge in [0, 0.05) is 27.1 Å². The Labute approximate surface area is 288 Å². The van der Waals surface area contributed by atoms with Crippen molar-refractivity contribution in [3.05, 3.63) is 142 Å². The topological polar surface area (TPSA) is 111 Å². The van der Waals surface area contributed by atoms with Gasteiger partial charge in [-0.15, -0.1) is 23.1 Å². The average Bonchev–Trinajstić information content (AvgIpc) is 3.50. The smallest absolute Gasteiger partial charge is 0.272 e. The minimum Gasteiger partial charge on any atom is -0.321 e. The second kappa shape index (κ2) is 15.9. The second-order valence-corrected chi connectivity index (χ2v) is 13.3.